The Labute approximate surface area is 209 Å². The molecule has 1 saturated heterocycles. The van der Waals surface area contributed by atoms with Gasteiger partial charge >= 0.3 is 0 Å². The van der Waals surface area contributed by atoms with Crippen LogP contribution in [0.4, 0.5) is 0 Å². The second kappa shape index (κ2) is 13.9. The van der Waals surface area contributed by atoms with Crippen LogP contribution in [0.25, 0.3) is 0 Å². The van der Waals surface area contributed by atoms with Gasteiger partial charge in [0, 0.05) is 32.2 Å². The van der Waals surface area contributed by atoms with Crippen LogP contribution in [-0.2, 0) is 0 Å². The number of benzene rings is 3. The highest BCUT2D eigenvalue weighted by Gasteiger charge is 2.23. The molecule has 1 heterocycles. The van der Waals surface area contributed by atoms with Gasteiger partial charge in [-0.1, -0.05) is 48.5 Å². The van der Waals surface area contributed by atoms with Gasteiger partial charge in [-0.05, 0) is 54.8 Å². The summed E-state index contributed by atoms with van der Waals surface area (Å²) >= 11 is 0. The van der Waals surface area contributed by atoms with Crippen LogP contribution in [0.5, 0.6) is 23.0 Å². The minimum atomic E-state index is 0. The van der Waals surface area contributed by atoms with E-state index in [1.807, 2.05) is 72.8 Å². The highest BCUT2D eigenvalue weighted by molar-refractivity contribution is 5.85. The molecule has 6 heteroatoms. The smallest absolute Gasteiger partial charge is 0.170 e. The number of allylic oxidation sites excluding steroid dienone is 1. The number of rotatable bonds is 9. The third-order valence-electron chi connectivity index (χ3n) is 5.53. The molecule has 0 unspecified atom stereocenters. The lowest BCUT2D eigenvalue weighted by Gasteiger charge is -2.35. The molecule has 0 aromatic heterocycles. The molecule has 0 spiro atoms. The van der Waals surface area contributed by atoms with E-state index in [1.54, 1.807) is 0 Å². The van der Waals surface area contributed by atoms with E-state index in [4.69, 9.17) is 9.47 Å². The monoisotopic (exact) mass is 486 g/mol. The van der Waals surface area contributed by atoms with Crippen molar-refractivity contribution < 1.29 is 9.47 Å². The molecule has 1 fully saturated rings. The number of piperazine rings is 1. The molecule has 176 valence electrons. The van der Waals surface area contributed by atoms with E-state index in [9.17, 15) is 0 Å². The number of nitrogens with zero attached hydrogens (tertiary/aromatic N) is 1. The predicted octanol–water partition coefficient (Wildman–Crippen LogP) is 7.03. The predicted molar refractivity (Wildman–Crippen MR) is 141 cm³/mol. The van der Waals surface area contributed by atoms with Crippen molar-refractivity contribution in [1.82, 2.24) is 10.2 Å². The van der Waals surface area contributed by atoms with E-state index in [1.165, 1.54) is 5.56 Å². The normalized spacial score (nSPS) is 14.3. The summed E-state index contributed by atoms with van der Waals surface area (Å²) in [5, 5.41) is 3.45. The summed E-state index contributed by atoms with van der Waals surface area (Å²) in [4.78, 5) is 2.55. The molecule has 4 rings (SSSR count). The molecule has 0 aliphatic carbocycles. The van der Waals surface area contributed by atoms with Gasteiger partial charge in [-0.2, -0.15) is 0 Å². The molecule has 4 nitrogen and oxygen atoms in total. The molecule has 33 heavy (non-hydrogen) atoms. The Hall–Kier alpha value is -2.50. The zero-order valence-corrected chi connectivity index (χ0v) is 20.3. The second-order valence-electron chi connectivity index (χ2n) is 7.70. The molecule has 0 saturated carbocycles. The van der Waals surface area contributed by atoms with Gasteiger partial charge in [0.15, 0.2) is 11.5 Å². The molecule has 3 aromatic carbocycles. The number of para-hydroxylation sites is 2. The Kier molecular flexibility index (Phi) is 11.3. The lowest BCUT2D eigenvalue weighted by Crippen LogP contribution is -2.45. The average Bonchev–Trinajstić information content (AvgIpc) is 2.83. The maximum Gasteiger partial charge on any atom is 0.170 e. The molecule has 1 N–H and O–H groups in total. The van der Waals surface area contributed by atoms with Crippen LogP contribution in [0.1, 0.15) is 24.4 Å². The van der Waals surface area contributed by atoms with Gasteiger partial charge in [0.1, 0.15) is 11.5 Å². The van der Waals surface area contributed by atoms with Gasteiger partial charge in [0.25, 0.3) is 0 Å². The summed E-state index contributed by atoms with van der Waals surface area (Å²) in [5.74, 6) is 3.02. The summed E-state index contributed by atoms with van der Waals surface area (Å²) in [6.07, 6.45) is 4.02. The van der Waals surface area contributed by atoms with Crippen LogP contribution in [0.3, 0.4) is 0 Å². The fourth-order valence-electron chi connectivity index (χ4n) is 3.96. The molecule has 1 atom stereocenters. The SMILES string of the molecule is C=CCC[C@@H](c1ccc(Oc2ccccc2)c(Oc2ccccc2)c1)N1CCNCC1.Cl.Cl. The van der Waals surface area contributed by atoms with Crippen molar-refractivity contribution in [3.8, 4) is 23.0 Å². The average molecular weight is 487 g/mol. The first-order chi connectivity index (χ1) is 15.3. The zero-order valence-electron chi connectivity index (χ0n) is 18.7. The second-order valence-corrected chi connectivity index (χ2v) is 7.70. The summed E-state index contributed by atoms with van der Waals surface area (Å²) < 4.78 is 12.5. The molecule has 0 radical (unpaired) electrons. The Morgan fingerprint density at radius 3 is 1.97 bits per heavy atom. The highest BCUT2D eigenvalue weighted by atomic mass is 35.5. The first-order valence-corrected chi connectivity index (χ1v) is 11.0. The highest BCUT2D eigenvalue weighted by Crippen LogP contribution is 2.38. The van der Waals surface area contributed by atoms with Crippen LogP contribution in [0.2, 0.25) is 0 Å². The fraction of sp³-hybridized carbons (Fsp3) is 0.259. The van der Waals surface area contributed by atoms with Gasteiger partial charge in [0.05, 0.1) is 0 Å². The van der Waals surface area contributed by atoms with E-state index in [0.29, 0.717) is 11.8 Å². The zero-order chi connectivity index (χ0) is 21.3. The minimum absolute atomic E-state index is 0. The molecule has 1 aliphatic rings. The van der Waals surface area contributed by atoms with Crippen molar-refractivity contribution in [2.45, 2.75) is 18.9 Å². The number of nitrogens with one attached hydrogen (secondary N) is 1. The molecule has 3 aromatic rings. The Balaban J connectivity index is 0.00000193. The van der Waals surface area contributed by atoms with Crippen molar-refractivity contribution in [2.75, 3.05) is 26.2 Å². The van der Waals surface area contributed by atoms with Crippen LogP contribution in [-0.4, -0.2) is 31.1 Å². The third-order valence-corrected chi connectivity index (χ3v) is 5.53. The van der Waals surface area contributed by atoms with Gasteiger partial charge in [-0.3, -0.25) is 4.90 Å². The van der Waals surface area contributed by atoms with E-state index < -0.39 is 0 Å². The Morgan fingerprint density at radius 2 is 1.39 bits per heavy atom. The van der Waals surface area contributed by atoms with Crippen LogP contribution < -0.4 is 14.8 Å². The van der Waals surface area contributed by atoms with Crippen LogP contribution in [0.15, 0.2) is 91.5 Å². The summed E-state index contributed by atoms with van der Waals surface area (Å²) in [6, 6.07) is 26.4. The van der Waals surface area contributed by atoms with Crippen LogP contribution in [0, 0.1) is 0 Å². The largest absolute Gasteiger partial charge is 0.453 e. The molecule has 1 aliphatic heterocycles. The number of hydrogen-bond acceptors (Lipinski definition) is 4. The number of hydrogen-bond donors (Lipinski definition) is 1. The lowest BCUT2D eigenvalue weighted by molar-refractivity contribution is 0.166. The van der Waals surface area contributed by atoms with Crippen molar-refractivity contribution in [3.63, 3.8) is 0 Å². The minimum Gasteiger partial charge on any atom is -0.453 e. The van der Waals surface area contributed by atoms with Crippen molar-refractivity contribution in [2.24, 2.45) is 0 Å². The summed E-state index contributed by atoms with van der Waals surface area (Å²) in [6.45, 7) is 8.05. The molecule has 0 bridgehead atoms. The van der Waals surface area contributed by atoms with Crippen molar-refractivity contribution >= 4 is 24.8 Å². The molecular weight excluding hydrogens is 455 g/mol. The fourth-order valence-corrected chi connectivity index (χ4v) is 3.96. The Morgan fingerprint density at radius 1 is 0.818 bits per heavy atom. The first kappa shape index (κ1) is 26.7. The lowest BCUT2D eigenvalue weighted by atomic mass is 9.99. The quantitative estimate of drug-likeness (QED) is 0.329. The van der Waals surface area contributed by atoms with E-state index in [0.717, 1.165) is 56.3 Å². The van der Waals surface area contributed by atoms with E-state index in [-0.39, 0.29) is 24.8 Å². The molecular formula is C27H32Cl2N2O2. The maximum absolute atomic E-state index is 6.29. The topological polar surface area (TPSA) is 33.7 Å². The number of ether oxygens (including phenoxy) is 2. The maximum atomic E-state index is 6.29. The van der Waals surface area contributed by atoms with Gasteiger partial charge in [-0.25, -0.2) is 0 Å². The van der Waals surface area contributed by atoms with Gasteiger partial charge < -0.3 is 14.8 Å². The van der Waals surface area contributed by atoms with Gasteiger partial charge in [0.2, 0.25) is 0 Å². The van der Waals surface area contributed by atoms with Gasteiger partial charge in [-0.15, -0.1) is 31.4 Å². The molecule has 0 amide bonds. The number of halogens is 2. The third kappa shape index (κ3) is 7.51. The van der Waals surface area contributed by atoms with E-state index in [2.05, 4.69) is 28.9 Å². The van der Waals surface area contributed by atoms with Crippen molar-refractivity contribution in [3.05, 3.63) is 97.1 Å². The summed E-state index contributed by atoms with van der Waals surface area (Å²) in [5.41, 5.74) is 1.25. The van der Waals surface area contributed by atoms with Crippen LogP contribution >= 0.6 is 24.8 Å². The van der Waals surface area contributed by atoms with E-state index >= 15 is 0 Å². The Bertz CT molecular complexity index is 964. The standard InChI is InChI=1S/C27H30N2O2.2ClH/c1-2-3-14-25(29-19-17-28-18-20-29)22-15-16-26(30-23-10-6-4-7-11-23)27(21-22)31-24-12-8-5-9-13-24;;/h2,4-13,15-16,21,25,28H,1,3,14,17-20H2;2*1H/t25-;;/m0../s1. The summed E-state index contributed by atoms with van der Waals surface area (Å²) in [7, 11) is 0. The van der Waals surface area contributed by atoms with Crippen molar-refractivity contribution in [1.29, 1.82) is 0 Å². The first-order valence-electron chi connectivity index (χ1n) is 11.0.